The number of rotatable bonds is 3. The maximum Gasteiger partial charge on any atom is 0.252 e. The topological polar surface area (TPSA) is 50.4 Å². The summed E-state index contributed by atoms with van der Waals surface area (Å²) in [6, 6.07) is -0.190. The van der Waals surface area contributed by atoms with Crippen LogP contribution in [0.3, 0.4) is 0 Å². The van der Waals surface area contributed by atoms with Crippen LogP contribution in [0.25, 0.3) is 0 Å². The smallest absolute Gasteiger partial charge is 0.252 e. The quantitative estimate of drug-likeness (QED) is 0.468. The SMILES string of the molecule is I.NC(=NCC1CCC1)NC1CC(F)(F)C1. The van der Waals surface area contributed by atoms with E-state index in [0.717, 1.165) is 6.54 Å². The number of halogens is 3. The molecule has 2 aliphatic carbocycles. The first kappa shape index (κ1) is 13.9. The average Bonchev–Trinajstić information content (AvgIpc) is 1.97. The molecule has 2 fully saturated rings. The van der Waals surface area contributed by atoms with Crippen molar-refractivity contribution in [2.75, 3.05) is 6.54 Å². The predicted octanol–water partition coefficient (Wildman–Crippen LogP) is 2.11. The van der Waals surface area contributed by atoms with Crippen LogP contribution in [-0.4, -0.2) is 24.5 Å². The molecule has 3 nitrogen and oxygen atoms in total. The molecule has 0 spiro atoms. The molecule has 0 radical (unpaired) electrons. The lowest BCUT2D eigenvalue weighted by Gasteiger charge is -2.35. The van der Waals surface area contributed by atoms with Crippen molar-refractivity contribution in [1.82, 2.24) is 5.32 Å². The average molecular weight is 345 g/mol. The number of alkyl halides is 2. The number of nitrogens with one attached hydrogen (secondary N) is 1. The lowest BCUT2D eigenvalue weighted by molar-refractivity contribution is -0.0886. The minimum atomic E-state index is -2.49. The highest BCUT2D eigenvalue weighted by Crippen LogP contribution is 2.37. The van der Waals surface area contributed by atoms with Crippen molar-refractivity contribution in [2.45, 2.75) is 44.1 Å². The van der Waals surface area contributed by atoms with Gasteiger partial charge in [0.05, 0.1) is 0 Å². The van der Waals surface area contributed by atoms with E-state index in [0.29, 0.717) is 11.9 Å². The van der Waals surface area contributed by atoms with E-state index in [1.54, 1.807) is 0 Å². The van der Waals surface area contributed by atoms with Gasteiger partial charge in [-0.15, -0.1) is 24.0 Å². The molecule has 0 bridgehead atoms. The lowest BCUT2D eigenvalue weighted by atomic mass is 9.86. The zero-order valence-corrected chi connectivity index (χ0v) is 11.4. The summed E-state index contributed by atoms with van der Waals surface area (Å²) >= 11 is 0. The highest BCUT2D eigenvalue weighted by atomic mass is 127. The Bertz CT molecular complexity index is 259. The molecule has 0 unspecified atom stereocenters. The third-order valence-corrected chi connectivity index (χ3v) is 3.19. The Kier molecular flexibility index (Phi) is 4.75. The van der Waals surface area contributed by atoms with Crippen molar-refractivity contribution >= 4 is 29.9 Å². The van der Waals surface area contributed by atoms with Crippen LogP contribution in [-0.2, 0) is 0 Å². The molecule has 0 aromatic heterocycles. The molecule has 94 valence electrons. The van der Waals surface area contributed by atoms with E-state index in [1.807, 2.05) is 0 Å². The minimum Gasteiger partial charge on any atom is -0.370 e. The summed E-state index contributed by atoms with van der Waals surface area (Å²) in [5.41, 5.74) is 5.59. The normalized spacial score (nSPS) is 25.2. The van der Waals surface area contributed by atoms with Crippen LogP contribution in [0.2, 0.25) is 0 Å². The van der Waals surface area contributed by atoms with E-state index >= 15 is 0 Å². The first-order valence-corrected chi connectivity index (χ1v) is 5.49. The van der Waals surface area contributed by atoms with Crippen molar-refractivity contribution in [1.29, 1.82) is 0 Å². The Balaban J connectivity index is 0.00000128. The van der Waals surface area contributed by atoms with Crippen LogP contribution in [0.5, 0.6) is 0 Å². The van der Waals surface area contributed by atoms with Gasteiger partial charge >= 0.3 is 0 Å². The molecule has 16 heavy (non-hydrogen) atoms. The maximum absolute atomic E-state index is 12.5. The van der Waals surface area contributed by atoms with Crippen molar-refractivity contribution in [3.8, 4) is 0 Å². The highest BCUT2D eigenvalue weighted by Gasteiger charge is 2.45. The Labute approximate surface area is 111 Å². The summed E-state index contributed by atoms with van der Waals surface area (Å²) in [5, 5.41) is 2.82. The van der Waals surface area contributed by atoms with Crippen molar-refractivity contribution in [2.24, 2.45) is 16.6 Å². The number of aliphatic imine (C=N–C) groups is 1. The molecule has 6 heteroatoms. The van der Waals surface area contributed by atoms with Gasteiger partial charge in [0, 0.05) is 25.4 Å². The number of hydrogen-bond donors (Lipinski definition) is 2. The van der Waals surface area contributed by atoms with Crippen LogP contribution in [0.4, 0.5) is 8.78 Å². The fourth-order valence-electron chi connectivity index (χ4n) is 1.92. The second kappa shape index (κ2) is 5.46. The van der Waals surface area contributed by atoms with Gasteiger partial charge < -0.3 is 11.1 Å². The second-order valence-electron chi connectivity index (χ2n) is 4.63. The fraction of sp³-hybridized carbons (Fsp3) is 0.900. The summed E-state index contributed by atoms with van der Waals surface area (Å²) in [7, 11) is 0. The minimum absolute atomic E-state index is 0. The molecule has 0 heterocycles. The van der Waals surface area contributed by atoms with Gasteiger partial charge in [-0.2, -0.15) is 0 Å². The largest absolute Gasteiger partial charge is 0.370 e. The second-order valence-corrected chi connectivity index (χ2v) is 4.63. The molecule has 0 aromatic carbocycles. The van der Waals surface area contributed by atoms with E-state index in [4.69, 9.17) is 5.73 Å². The van der Waals surface area contributed by atoms with E-state index in [-0.39, 0.29) is 42.9 Å². The van der Waals surface area contributed by atoms with Gasteiger partial charge in [0.2, 0.25) is 0 Å². The third kappa shape index (κ3) is 3.71. The van der Waals surface area contributed by atoms with E-state index < -0.39 is 5.92 Å². The van der Waals surface area contributed by atoms with Crippen molar-refractivity contribution in [3.63, 3.8) is 0 Å². The van der Waals surface area contributed by atoms with Crippen LogP contribution in [0.1, 0.15) is 32.1 Å². The highest BCUT2D eigenvalue weighted by molar-refractivity contribution is 14.0. The Morgan fingerprint density at radius 1 is 1.38 bits per heavy atom. The molecular weight excluding hydrogens is 327 g/mol. The molecule has 2 aliphatic rings. The van der Waals surface area contributed by atoms with Crippen molar-refractivity contribution < 1.29 is 8.78 Å². The molecule has 2 saturated carbocycles. The zero-order valence-electron chi connectivity index (χ0n) is 9.09. The molecule has 0 aliphatic heterocycles. The molecule has 0 amide bonds. The predicted molar refractivity (Wildman–Crippen MR) is 70.4 cm³/mol. The van der Waals surface area contributed by atoms with Gasteiger partial charge in [-0.25, -0.2) is 8.78 Å². The third-order valence-electron chi connectivity index (χ3n) is 3.19. The van der Waals surface area contributed by atoms with Crippen LogP contribution in [0, 0.1) is 5.92 Å². The van der Waals surface area contributed by atoms with Gasteiger partial charge in [0.1, 0.15) is 0 Å². The summed E-state index contributed by atoms with van der Waals surface area (Å²) < 4.78 is 25.0. The van der Waals surface area contributed by atoms with E-state index in [2.05, 4.69) is 10.3 Å². The van der Waals surface area contributed by atoms with Crippen LogP contribution < -0.4 is 11.1 Å². The van der Waals surface area contributed by atoms with Gasteiger partial charge in [-0.3, -0.25) is 4.99 Å². The van der Waals surface area contributed by atoms with E-state index in [9.17, 15) is 8.78 Å². The van der Waals surface area contributed by atoms with E-state index in [1.165, 1.54) is 19.3 Å². The Morgan fingerprint density at radius 3 is 2.44 bits per heavy atom. The van der Waals surface area contributed by atoms with Crippen molar-refractivity contribution in [3.05, 3.63) is 0 Å². The molecule has 0 atom stereocenters. The number of guanidine groups is 1. The zero-order chi connectivity index (χ0) is 10.9. The summed E-state index contributed by atoms with van der Waals surface area (Å²) in [4.78, 5) is 4.15. The number of nitrogens with two attached hydrogens (primary N) is 1. The summed E-state index contributed by atoms with van der Waals surface area (Å²) in [6.45, 7) is 0.738. The standard InChI is InChI=1S/C10H17F2N3.HI/c11-10(12)4-8(5-10)15-9(13)14-6-7-2-1-3-7;/h7-8H,1-6H2,(H3,13,14,15);1H. The first-order valence-electron chi connectivity index (χ1n) is 5.49. The Morgan fingerprint density at radius 2 is 2.00 bits per heavy atom. The lowest BCUT2D eigenvalue weighted by Crippen LogP contribution is -2.52. The summed E-state index contributed by atoms with van der Waals surface area (Å²) in [6.07, 6.45) is 3.48. The summed E-state index contributed by atoms with van der Waals surface area (Å²) in [5.74, 6) is -1.51. The van der Waals surface area contributed by atoms with Gasteiger partial charge in [0.15, 0.2) is 5.96 Å². The maximum atomic E-state index is 12.5. The number of hydrogen-bond acceptors (Lipinski definition) is 1. The monoisotopic (exact) mass is 345 g/mol. The van der Waals surface area contributed by atoms with Gasteiger partial charge in [0.25, 0.3) is 5.92 Å². The van der Waals surface area contributed by atoms with Gasteiger partial charge in [-0.1, -0.05) is 6.42 Å². The first-order chi connectivity index (χ1) is 7.05. The van der Waals surface area contributed by atoms with Crippen LogP contribution >= 0.6 is 24.0 Å². The molecule has 2 rings (SSSR count). The molecular formula is C10H18F2IN3. The molecule has 0 saturated heterocycles. The van der Waals surface area contributed by atoms with Gasteiger partial charge in [-0.05, 0) is 18.8 Å². The van der Waals surface area contributed by atoms with Crippen LogP contribution in [0.15, 0.2) is 4.99 Å². The fourth-order valence-corrected chi connectivity index (χ4v) is 1.92. The Hall–Kier alpha value is -0.140. The molecule has 3 N–H and O–H groups in total. The molecule has 0 aromatic rings. The number of nitrogens with zero attached hydrogens (tertiary/aromatic N) is 1.